The lowest BCUT2D eigenvalue weighted by atomic mass is 9.96. The molecule has 0 spiro atoms. The van der Waals surface area contributed by atoms with Crippen molar-refractivity contribution in [1.82, 2.24) is 9.97 Å². The second kappa shape index (κ2) is 7.11. The third-order valence-electron chi connectivity index (χ3n) is 6.52. The lowest BCUT2D eigenvalue weighted by Gasteiger charge is -2.15. The van der Waals surface area contributed by atoms with E-state index in [1.54, 1.807) is 6.92 Å². The molecular formula is C29H23FN2O. The van der Waals surface area contributed by atoms with E-state index in [1.165, 1.54) is 0 Å². The average Bonchev–Trinajstić information content (AvgIpc) is 3.20. The zero-order valence-corrected chi connectivity index (χ0v) is 19.0. The molecule has 162 valence electrons. The second-order valence-corrected chi connectivity index (χ2v) is 9.06. The van der Waals surface area contributed by atoms with Crippen LogP contribution in [0.4, 0.5) is 4.39 Å². The van der Waals surface area contributed by atoms with Gasteiger partial charge in [-0.15, -0.1) is 0 Å². The zero-order chi connectivity index (χ0) is 22.9. The SMILES string of the molecule is Cc1cc2ccc3c(-c4cccc5c4oc4ccccc45)nc(C(C)C)nc3c2c(C)c1F. The van der Waals surface area contributed by atoms with Crippen LogP contribution in [0, 0.1) is 19.7 Å². The smallest absolute Gasteiger partial charge is 0.144 e. The van der Waals surface area contributed by atoms with Gasteiger partial charge in [-0.25, -0.2) is 14.4 Å². The first-order valence-corrected chi connectivity index (χ1v) is 11.2. The molecule has 3 nitrogen and oxygen atoms in total. The van der Waals surface area contributed by atoms with E-state index in [-0.39, 0.29) is 11.7 Å². The van der Waals surface area contributed by atoms with Crippen molar-refractivity contribution in [3.8, 4) is 11.3 Å². The first-order valence-electron chi connectivity index (χ1n) is 11.2. The van der Waals surface area contributed by atoms with Crippen molar-refractivity contribution in [2.75, 3.05) is 0 Å². The highest BCUT2D eigenvalue weighted by Gasteiger charge is 2.20. The minimum Gasteiger partial charge on any atom is -0.455 e. The molecule has 0 aliphatic rings. The molecule has 0 bridgehead atoms. The van der Waals surface area contributed by atoms with E-state index >= 15 is 0 Å². The fourth-order valence-electron chi connectivity index (χ4n) is 4.84. The van der Waals surface area contributed by atoms with Gasteiger partial charge in [-0.3, -0.25) is 0 Å². The maximum absolute atomic E-state index is 14.9. The molecule has 2 heterocycles. The number of benzene rings is 4. The predicted molar refractivity (Wildman–Crippen MR) is 133 cm³/mol. The summed E-state index contributed by atoms with van der Waals surface area (Å²) < 4.78 is 21.3. The Morgan fingerprint density at radius 2 is 1.64 bits per heavy atom. The lowest BCUT2D eigenvalue weighted by Crippen LogP contribution is -2.02. The van der Waals surface area contributed by atoms with Crippen LogP contribution in [-0.4, -0.2) is 9.97 Å². The second-order valence-electron chi connectivity index (χ2n) is 9.06. The number of furan rings is 1. The number of aryl methyl sites for hydroxylation is 2. The molecule has 2 aromatic heterocycles. The van der Waals surface area contributed by atoms with Gasteiger partial charge in [-0.1, -0.05) is 50.2 Å². The molecule has 4 heteroatoms. The van der Waals surface area contributed by atoms with E-state index in [2.05, 4.69) is 32.0 Å². The van der Waals surface area contributed by atoms with Crippen LogP contribution in [0.5, 0.6) is 0 Å². The molecule has 0 N–H and O–H groups in total. The minimum atomic E-state index is -0.180. The molecule has 6 rings (SSSR count). The Hall–Kier alpha value is -3.79. The van der Waals surface area contributed by atoms with Crippen LogP contribution in [0.2, 0.25) is 0 Å². The summed E-state index contributed by atoms with van der Waals surface area (Å²) in [5.74, 6) is 0.674. The van der Waals surface area contributed by atoms with Gasteiger partial charge in [-0.2, -0.15) is 0 Å². The zero-order valence-electron chi connectivity index (χ0n) is 19.0. The summed E-state index contributed by atoms with van der Waals surface area (Å²) in [6.45, 7) is 7.80. The largest absolute Gasteiger partial charge is 0.455 e. The van der Waals surface area contributed by atoms with Gasteiger partial charge in [0.25, 0.3) is 0 Å². The first-order chi connectivity index (χ1) is 15.9. The summed E-state index contributed by atoms with van der Waals surface area (Å²) in [4.78, 5) is 9.94. The highest BCUT2D eigenvalue weighted by Crippen LogP contribution is 2.40. The van der Waals surface area contributed by atoms with Gasteiger partial charge in [0, 0.05) is 33.0 Å². The minimum absolute atomic E-state index is 0.119. The summed E-state index contributed by atoms with van der Waals surface area (Å²) in [6, 6.07) is 20.2. The molecule has 0 unspecified atom stereocenters. The molecule has 0 saturated heterocycles. The third-order valence-corrected chi connectivity index (χ3v) is 6.52. The molecule has 0 radical (unpaired) electrons. The van der Waals surface area contributed by atoms with Crippen molar-refractivity contribution in [1.29, 1.82) is 0 Å². The lowest BCUT2D eigenvalue weighted by molar-refractivity contribution is 0.612. The van der Waals surface area contributed by atoms with Crippen LogP contribution in [0.25, 0.3) is 54.9 Å². The van der Waals surface area contributed by atoms with Gasteiger partial charge in [0.2, 0.25) is 0 Å². The Morgan fingerprint density at radius 1 is 0.848 bits per heavy atom. The summed E-state index contributed by atoms with van der Waals surface area (Å²) in [5.41, 5.74) is 5.44. The molecular weight excluding hydrogens is 411 g/mol. The number of hydrogen-bond acceptors (Lipinski definition) is 3. The maximum Gasteiger partial charge on any atom is 0.144 e. The van der Waals surface area contributed by atoms with Gasteiger partial charge >= 0.3 is 0 Å². The Bertz CT molecular complexity index is 1730. The van der Waals surface area contributed by atoms with Crippen molar-refractivity contribution in [3.05, 3.63) is 83.4 Å². The number of aromatic nitrogens is 2. The van der Waals surface area contributed by atoms with Crippen LogP contribution in [-0.2, 0) is 0 Å². The molecule has 4 aromatic carbocycles. The fourth-order valence-corrected chi connectivity index (χ4v) is 4.84. The van der Waals surface area contributed by atoms with Crippen LogP contribution in [0.3, 0.4) is 0 Å². The van der Waals surface area contributed by atoms with E-state index in [1.807, 2.05) is 49.4 Å². The van der Waals surface area contributed by atoms with E-state index in [9.17, 15) is 4.39 Å². The van der Waals surface area contributed by atoms with Crippen LogP contribution in [0.1, 0.15) is 36.7 Å². The number of para-hydroxylation sites is 2. The fraction of sp³-hybridized carbons (Fsp3) is 0.172. The summed E-state index contributed by atoms with van der Waals surface area (Å²) in [6.07, 6.45) is 0. The Morgan fingerprint density at radius 3 is 2.45 bits per heavy atom. The van der Waals surface area contributed by atoms with Gasteiger partial charge in [0.15, 0.2) is 0 Å². The van der Waals surface area contributed by atoms with Crippen LogP contribution < -0.4 is 0 Å². The summed E-state index contributed by atoms with van der Waals surface area (Å²) >= 11 is 0. The Labute approximate surface area is 190 Å². The summed E-state index contributed by atoms with van der Waals surface area (Å²) in [7, 11) is 0. The summed E-state index contributed by atoms with van der Waals surface area (Å²) in [5, 5.41) is 4.86. The molecule has 0 saturated carbocycles. The first kappa shape index (κ1) is 19.9. The molecule has 0 aliphatic carbocycles. The average molecular weight is 435 g/mol. The topological polar surface area (TPSA) is 38.9 Å². The van der Waals surface area contributed by atoms with Crippen molar-refractivity contribution in [2.24, 2.45) is 0 Å². The standard InChI is InChI=1S/C29H23FN2O/c1-15(2)29-31-26(22-10-7-9-20-19-8-5-6-11-23(19)33-28(20)22)21-13-12-18-14-16(3)25(30)17(4)24(18)27(21)32-29/h5-15H,1-4H3. The van der Waals surface area contributed by atoms with Crippen molar-refractivity contribution in [3.63, 3.8) is 0 Å². The van der Waals surface area contributed by atoms with Crippen molar-refractivity contribution in [2.45, 2.75) is 33.6 Å². The highest BCUT2D eigenvalue weighted by molar-refractivity contribution is 6.15. The van der Waals surface area contributed by atoms with E-state index in [0.29, 0.717) is 11.1 Å². The van der Waals surface area contributed by atoms with Gasteiger partial charge in [-0.05, 0) is 54.6 Å². The molecule has 0 amide bonds. The molecule has 6 aromatic rings. The highest BCUT2D eigenvalue weighted by atomic mass is 19.1. The van der Waals surface area contributed by atoms with Gasteiger partial charge < -0.3 is 4.42 Å². The number of hydrogen-bond donors (Lipinski definition) is 0. The van der Waals surface area contributed by atoms with E-state index in [0.717, 1.165) is 60.7 Å². The quantitative estimate of drug-likeness (QED) is 0.258. The Kier molecular flexibility index (Phi) is 4.28. The van der Waals surface area contributed by atoms with Crippen LogP contribution >= 0.6 is 0 Å². The normalized spacial score (nSPS) is 12.1. The Balaban J connectivity index is 1.79. The predicted octanol–water partition coefficient (Wildman–Crippen LogP) is 8.23. The number of halogens is 1. The number of fused-ring (bicyclic) bond motifs is 6. The number of rotatable bonds is 2. The van der Waals surface area contributed by atoms with E-state index in [4.69, 9.17) is 14.4 Å². The number of nitrogens with zero attached hydrogens (tertiary/aromatic N) is 2. The van der Waals surface area contributed by atoms with Gasteiger partial charge in [0.1, 0.15) is 22.8 Å². The van der Waals surface area contributed by atoms with Crippen LogP contribution in [0.15, 0.2) is 65.1 Å². The van der Waals surface area contributed by atoms with Gasteiger partial charge in [0.05, 0.1) is 11.2 Å². The maximum atomic E-state index is 14.9. The molecule has 0 fully saturated rings. The van der Waals surface area contributed by atoms with Crippen molar-refractivity contribution < 1.29 is 8.81 Å². The van der Waals surface area contributed by atoms with E-state index < -0.39 is 0 Å². The third kappa shape index (κ3) is 2.87. The molecule has 0 atom stereocenters. The molecule has 33 heavy (non-hydrogen) atoms. The molecule has 0 aliphatic heterocycles. The van der Waals surface area contributed by atoms with Crippen molar-refractivity contribution >= 4 is 43.6 Å². The monoisotopic (exact) mass is 434 g/mol.